The normalized spacial score (nSPS) is 11.8. The Labute approximate surface area is 175 Å². The van der Waals surface area contributed by atoms with Crippen LogP contribution in [0.4, 0.5) is 4.39 Å². The van der Waals surface area contributed by atoms with E-state index in [2.05, 4.69) is 27.4 Å². The lowest BCUT2D eigenvalue weighted by atomic mass is 10.1. The fraction of sp³-hybridized carbons (Fsp3) is 0.261. The summed E-state index contributed by atoms with van der Waals surface area (Å²) in [6.45, 7) is 3.88. The van der Waals surface area contributed by atoms with Gasteiger partial charge in [0.2, 0.25) is 5.91 Å². The molecule has 6 heteroatoms. The van der Waals surface area contributed by atoms with Gasteiger partial charge >= 0.3 is 0 Å². The molecule has 0 aliphatic rings. The summed E-state index contributed by atoms with van der Waals surface area (Å²) in [6.07, 6.45) is 1.81. The molecule has 2 aromatic carbocycles. The van der Waals surface area contributed by atoms with Crippen LogP contribution in [-0.4, -0.2) is 27.7 Å². The first-order valence-electron chi connectivity index (χ1n) is 9.57. The number of thioether (sulfide) groups is 1. The van der Waals surface area contributed by atoms with Gasteiger partial charge in [-0.05, 0) is 50.5 Å². The SMILES string of the molecule is Cc1cc(SCC(=O)N[C@@H](C)CCc2ccccc2)nc(-c2cccc(F)c2)n1. The van der Waals surface area contributed by atoms with E-state index in [1.54, 1.807) is 12.1 Å². The van der Waals surface area contributed by atoms with Crippen LogP contribution in [0, 0.1) is 12.7 Å². The molecule has 0 bridgehead atoms. The van der Waals surface area contributed by atoms with Crippen molar-refractivity contribution in [1.29, 1.82) is 0 Å². The number of aryl methyl sites for hydroxylation is 2. The summed E-state index contributed by atoms with van der Waals surface area (Å²) in [4.78, 5) is 21.2. The summed E-state index contributed by atoms with van der Waals surface area (Å²) >= 11 is 1.36. The average Bonchev–Trinajstić information content (AvgIpc) is 2.71. The number of hydrogen-bond donors (Lipinski definition) is 1. The molecule has 29 heavy (non-hydrogen) atoms. The number of carbonyl (C=O) groups excluding carboxylic acids is 1. The number of amides is 1. The van der Waals surface area contributed by atoms with Crippen LogP contribution in [0.15, 0.2) is 65.7 Å². The first kappa shape index (κ1) is 21.0. The Hall–Kier alpha value is -2.73. The Balaban J connectivity index is 1.53. The Morgan fingerprint density at radius 1 is 1.10 bits per heavy atom. The molecule has 1 amide bonds. The van der Waals surface area contributed by atoms with Crippen LogP contribution in [0.5, 0.6) is 0 Å². The number of hydrogen-bond acceptors (Lipinski definition) is 4. The van der Waals surface area contributed by atoms with Crippen LogP contribution in [0.1, 0.15) is 24.6 Å². The molecular formula is C23H24FN3OS. The van der Waals surface area contributed by atoms with Crippen molar-refractivity contribution >= 4 is 17.7 Å². The molecule has 0 radical (unpaired) electrons. The van der Waals surface area contributed by atoms with E-state index < -0.39 is 0 Å². The number of nitrogens with one attached hydrogen (secondary N) is 1. The van der Waals surface area contributed by atoms with Gasteiger partial charge in [0.25, 0.3) is 0 Å². The van der Waals surface area contributed by atoms with Gasteiger partial charge in [0, 0.05) is 17.3 Å². The van der Waals surface area contributed by atoms with Crippen molar-refractivity contribution in [3.05, 3.63) is 77.7 Å². The zero-order valence-corrected chi connectivity index (χ0v) is 17.4. The molecule has 1 N–H and O–H groups in total. The first-order valence-corrected chi connectivity index (χ1v) is 10.6. The van der Waals surface area contributed by atoms with Crippen molar-refractivity contribution in [2.45, 2.75) is 37.8 Å². The topological polar surface area (TPSA) is 54.9 Å². The van der Waals surface area contributed by atoms with Crippen LogP contribution in [0.25, 0.3) is 11.4 Å². The Morgan fingerprint density at radius 3 is 2.66 bits per heavy atom. The van der Waals surface area contributed by atoms with Crippen LogP contribution in [0.2, 0.25) is 0 Å². The zero-order valence-electron chi connectivity index (χ0n) is 16.6. The van der Waals surface area contributed by atoms with E-state index in [0.717, 1.165) is 18.5 Å². The summed E-state index contributed by atoms with van der Waals surface area (Å²) in [5.41, 5.74) is 2.66. The second-order valence-corrected chi connectivity index (χ2v) is 7.96. The predicted octanol–water partition coefficient (Wildman–Crippen LogP) is 4.82. The summed E-state index contributed by atoms with van der Waals surface area (Å²) in [5.74, 6) is 0.378. The Kier molecular flexibility index (Phi) is 7.36. The number of carbonyl (C=O) groups is 1. The van der Waals surface area contributed by atoms with E-state index >= 15 is 0 Å². The standard InChI is InChI=1S/C23H24FN3OS/c1-16(11-12-18-7-4-3-5-8-18)25-21(28)15-29-22-13-17(2)26-23(27-22)19-9-6-10-20(24)14-19/h3-10,13-14,16H,11-12,15H2,1-2H3,(H,25,28)/t16-/m0/s1. The molecular weight excluding hydrogens is 385 g/mol. The molecule has 0 aliphatic carbocycles. The van der Waals surface area contributed by atoms with Crippen molar-refractivity contribution < 1.29 is 9.18 Å². The third kappa shape index (κ3) is 6.68. The molecule has 0 saturated carbocycles. The first-order chi connectivity index (χ1) is 14.0. The molecule has 0 aliphatic heterocycles. The maximum Gasteiger partial charge on any atom is 0.230 e. The van der Waals surface area contributed by atoms with Gasteiger partial charge in [-0.1, -0.05) is 54.2 Å². The lowest BCUT2D eigenvalue weighted by molar-refractivity contribution is -0.119. The van der Waals surface area contributed by atoms with Crippen molar-refractivity contribution in [2.24, 2.45) is 0 Å². The number of benzene rings is 2. The molecule has 0 fully saturated rings. The third-order valence-corrected chi connectivity index (χ3v) is 5.29. The Morgan fingerprint density at radius 2 is 1.90 bits per heavy atom. The average molecular weight is 410 g/mol. The van der Waals surface area contributed by atoms with Crippen LogP contribution in [0.3, 0.4) is 0 Å². The highest BCUT2D eigenvalue weighted by atomic mass is 32.2. The molecule has 3 rings (SSSR count). The third-order valence-electron chi connectivity index (χ3n) is 4.38. The summed E-state index contributed by atoms with van der Waals surface area (Å²) in [7, 11) is 0. The number of aromatic nitrogens is 2. The van der Waals surface area contributed by atoms with E-state index in [9.17, 15) is 9.18 Å². The van der Waals surface area contributed by atoms with Crippen molar-refractivity contribution in [1.82, 2.24) is 15.3 Å². The largest absolute Gasteiger partial charge is 0.353 e. The number of nitrogens with zero attached hydrogens (tertiary/aromatic N) is 2. The number of halogens is 1. The molecule has 0 spiro atoms. The van der Waals surface area contributed by atoms with E-state index in [0.29, 0.717) is 16.4 Å². The van der Waals surface area contributed by atoms with Gasteiger partial charge in [0.15, 0.2) is 5.82 Å². The summed E-state index contributed by atoms with van der Waals surface area (Å²) < 4.78 is 13.5. The van der Waals surface area contributed by atoms with Crippen molar-refractivity contribution in [3.63, 3.8) is 0 Å². The highest BCUT2D eigenvalue weighted by molar-refractivity contribution is 7.99. The summed E-state index contributed by atoms with van der Waals surface area (Å²) in [6, 6.07) is 18.4. The van der Waals surface area contributed by atoms with Gasteiger partial charge in [-0.15, -0.1) is 0 Å². The predicted molar refractivity (Wildman–Crippen MR) is 115 cm³/mol. The van der Waals surface area contributed by atoms with Gasteiger partial charge in [-0.25, -0.2) is 14.4 Å². The van der Waals surface area contributed by atoms with E-state index in [1.165, 1.54) is 29.5 Å². The molecule has 150 valence electrons. The Bertz CT molecular complexity index is 965. The molecule has 4 nitrogen and oxygen atoms in total. The second-order valence-electron chi connectivity index (χ2n) is 6.96. The summed E-state index contributed by atoms with van der Waals surface area (Å²) in [5, 5.41) is 3.73. The van der Waals surface area contributed by atoms with E-state index in [-0.39, 0.29) is 23.5 Å². The van der Waals surface area contributed by atoms with Crippen LogP contribution < -0.4 is 5.32 Å². The zero-order chi connectivity index (χ0) is 20.6. The smallest absolute Gasteiger partial charge is 0.230 e. The highest BCUT2D eigenvalue weighted by Gasteiger charge is 2.11. The fourth-order valence-electron chi connectivity index (χ4n) is 2.93. The minimum atomic E-state index is -0.328. The minimum absolute atomic E-state index is 0.0286. The molecule has 1 atom stereocenters. The second kappa shape index (κ2) is 10.2. The van der Waals surface area contributed by atoms with Crippen LogP contribution in [-0.2, 0) is 11.2 Å². The van der Waals surface area contributed by atoms with Crippen molar-refractivity contribution in [2.75, 3.05) is 5.75 Å². The molecule has 1 heterocycles. The maximum atomic E-state index is 13.5. The lowest BCUT2D eigenvalue weighted by Gasteiger charge is -2.14. The maximum absolute atomic E-state index is 13.5. The van der Waals surface area contributed by atoms with Gasteiger partial charge in [-0.3, -0.25) is 4.79 Å². The highest BCUT2D eigenvalue weighted by Crippen LogP contribution is 2.22. The molecule has 0 saturated heterocycles. The van der Waals surface area contributed by atoms with Gasteiger partial charge < -0.3 is 5.32 Å². The fourth-order valence-corrected chi connectivity index (χ4v) is 3.69. The minimum Gasteiger partial charge on any atom is -0.353 e. The van der Waals surface area contributed by atoms with E-state index in [1.807, 2.05) is 38.1 Å². The van der Waals surface area contributed by atoms with Gasteiger partial charge in [-0.2, -0.15) is 0 Å². The van der Waals surface area contributed by atoms with Crippen molar-refractivity contribution in [3.8, 4) is 11.4 Å². The molecule has 1 aromatic heterocycles. The van der Waals surface area contributed by atoms with Gasteiger partial charge in [0.05, 0.1) is 5.75 Å². The monoisotopic (exact) mass is 409 g/mol. The van der Waals surface area contributed by atoms with E-state index in [4.69, 9.17) is 0 Å². The number of rotatable bonds is 8. The van der Waals surface area contributed by atoms with Crippen LogP contribution >= 0.6 is 11.8 Å². The quantitative estimate of drug-likeness (QED) is 0.428. The molecule has 0 unspecified atom stereocenters. The lowest BCUT2D eigenvalue weighted by Crippen LogP contribution is -2.34. The molecule has 3 aromatic rings. The van der Waals surface area contributed by atoms with Gasteiger partial charge in [0.1, 0.15) is 10.8 Å².